The zero-order valence-electron chi connectivity index (χ0n) is 20.5. The summed E-state index contributed by atoms with van der Waals surface area (Å²) in [6.45, 7) is 1.71. The Labute approximate surface area is 208 Å². The predicted molar refractivity (Wildman–Crippen MR) is 126 cm³/mol. The van der Waals surface area contributed by atoms with E-state index >= 15 is 0 Å². The van der Waals surface area contributed by atoms with Crippen LogP contribution >= 0.6 is 0 Å². The normalized spacial score (nSPS) is 25.6. The van der Waals surface area contributed by atoms with E-state index in [9.17, 15) is 32.7 Å². The number of benzene rings is 1. The van der Waals surface area contributed by atoms with Crippen LogP contribution in [-0.2, 0) is 16.1 Å². The van der Waals surface area contributed by atoms with Gasteiger partial charge in [0.05, 0.1) is 6.54 Å². The molecular formula is C26H34F3N3O4. The molecule has 2 aliphatic heterocycles. The van der Waals surface area contributed by atoms with Crippen molar-refractivity contribution in [1.82, 2.24) is 15.5 Å². The number of imide groups is 1. The Morgan fingerprint density at radius 2 is 1.69 bits per heavy atom. The number of hydrogen-bond acceptors (Lipinski definition) is 5. The number of nitrogens with one attached hydrogen (secondary N) is 2. The molecule has 1 aromatic carbocycles. The minimum Gasteiger partial charge on any atom is -0.376 e. The van der Waals surface area contributed by atoms with Crippen molar-refractivity contribution in [3.63, 3.8) is 0 Å². The number of aliphatic hydroxyl groups is 1. The van der Waals surface area contributed by atoms with E-state index in [1.807, 2.05) is 0 Å². The quantitative estimate of drug-likeness (QED) is 0.426. The van der Waals surface area contributed by atoms with Gasteiger partial charge in [-0.25, -0.2) is 13.2 Å². The van der Waals surface area contributed by atoms with Gasteiger partial charge in [-0.15, -0.1) is 0 Å². The fraction of sp³-hybridized carbons (Fsp3) is 0.654. The van der Waals surface area contributed by atoms with Crippen LogP contribution in [0.15, 0.2) is 12.1 Å². The Hall–Kier alpha value is -2.46. The molecule has 1 saturated heterocycles. The number of carbonyl (C=O) groups is 3. The summed E-state index contributed by atoms with van der Waals surface area (Å²) in [5, 5.41) is 15.6. The van der Waals surface area contributed by atoms with Gasteiger partial charge in [0.15, 0.2) is 0 Å². The molecule has 3 amide bonds. The molecule has 3 N–H and O–H groups in total. The van der Waals surface area contributed by atoms with E-state index in [-0.39, 0.29) is 56.9 Å². The lowest BCUT2D eigenvalue weighted by Crippen LogP contribution is -2.54. The maximum absolute atomic E-state index is 14.0. The van der Waals surface area contributed by atoms with Crippen molar-refractivity contribution in [3.05, 3.63) is 34.6 Å². The van der Waals surface area contributed by atoms with Gasteiger partial charge in [-0.1, -0.05) is 25.3 Å². The van der Waals surface area contributed by atoms with Crippen LogP contribution in [0.3, 0.4) is 0 Å². The third-order valence-electron chi connectivity index (χ3n) is 7.73. The largest absolute Gasteiger partial charge is 0.376 e. The second-order valence-corrected chi connectivity index (χ2v) is 10.5. The average Bonchev–Trinajstić information content (AvgIpc) is 3.16. The van der Waals surface area contributed by atoms with Gasteiger partial charge in [-0.05, 0) is 50.7 Å². The third kappa shape index (κ3) is 5.91. The molecular weight excluding hydrogens is 475 g/mol. The minimum atomic E-state index is -2.57. The summed E-state index contributed by atoms with van der Waals surface area (Å²) >= 11 is 0. The van der Waals surface area contributed by atoms with Crippen LogP contribution in [0, 0.1) is 12.7 Å². The molecule has 1 unspecified atom stereocenters. The highest BCUT2D eigenvalue weighted by Gasteiger charge is 2.43. The average molecular weight is 510 g/mol. The number of rotatable bonds is 3. The Morgan fingerprint density at radius 3 is 2.33 bits per heavy atom. The van der Waals surface area contributed by atoms with Gasteiger partial charge in [0.2, 0.25) is 17.7 Å². The van der Waals surface area contributed by atoms with Crippen molar-refractivity contribution in [2.24, 2.45) is 0 Å². The van der Waals surface area contributed by atoms with Crippen LogP contribution in [0.25, 0.3) is 0 Å². The summed E-state index contributed by atoms with van der Waals surface area (Å²) in [4.78, 5) is 36.6. The fourth-order valence-electron chi connectivity index (χ4n) is 5.52. The van der Waals surface area contributed by atoms with E-state index in [1.54, 1.807) is 19.1 Å². The van der Waals surface area contributed by atoms with Crippen LogP contribution in [0.1, 0.15) is 92.1 Å². The molecule has 2 aliphatic carbocycles. The molecule has 2 heterocycles. The molecule has 2 saturated carbocycles. The van der Waals surface area contributed by atoms with Crippen molar-refractivity contribution < 1.29 is 32.7 Å². The molecule has 10 heteroatoms. The summed E-state index contributed by atoms with van der Waals surface area (Å²) in [5.74, 6) is -4.14. The molecule has 0 bridgehead atoms. The van der Waals surface area contributed by atoms with Crippen molar-refractivity contribution in [3.8, 4) is 0 Å². The zero-order chi connectivity index (χ0) is 26.1. The highest BCUT2D eigenvalue weighted by atomic mass is 19.3. The first-order valence-electron chi connectivity index (χ1n) is 12.8. The van der Waals surface area contributed by atoms with Crippen LogP contribution in [0.5, 0.6) is 0 Å². The number of aryl methyl sites for hydroxylation is 1. The summed E-state index contributed by atoms with van der Waals surface area (Å²) in [5.41, 5.74) is 0.0723. The lowest BCUT2D eigenvalue weighted by molar-refractivity contribution is -0.136. The summed E-state index contributed by atoms with van der Waals surface area (Å²) < 4.78 is 40.0. The van der Waals surface area contributed by atoms with E-state index in [1.165, 1.54) is 24.2 Å². The van der Waals surface area contributed by atoms with Crippen molar-refractivity contribution in [2.45, 2.75) is 108 Å². The molecule has 5 rings (SSSR count). The Morgan fingerprint density at radius 1 is 1.03 bits per heavy atom. The maximum atomic E-state index is 14.0. The number of piperidine rings is 1. The lowest BCUT2D eigenvalue weighted by Gasteiger charge is -2.40. The van der Waals surface area contributed by atoms with Crippen molar-refractivity contribution >= 4 is 17.7 Å². The number of amides is 3. The number of alkyl halides is 2. The molecule has 1 atom stereocenters. The number of nitrogens with zero attached hydrogens (tertiary/aromatic N) is 1. The van der Waals surface area contributed by atoms with Crippen molar-refractivity contribution in [1.29, 1.82) is 0 Å². The predicted octanol–water partition coefficient (Wildman–Crippen LogP) is 3.70. The Kier molecular flexibility index (Phi) is 7.75. The Bertz CT molecular complexity index is 1020. The first-order valence-corrected chi connectivity index (χ1v) is 12.8. The molecule has 0 spiro atoms. The van der Waals surface area contributed by atoms with E-state index in [0.29, 0.717) is 22.7 Å². The van der Waals surface area contributed by atoms with Gasteiger partial charge in [0.1, 0.15) is 17.6 Å². The van der Waals surface area contributed by atoms with E-state index in [4.69, 9.17) is 0 Å². The van der Waals surface area contributed by atoms with Crippen molar-refractivity contribution in [2.75, 3.05) is 0 Å². The van der Waals surface area contributed by atoms with Crippen LogP contribution < -0.4 is 10.6 Å². The van der Waals surface area contributed by atoms with Gasteiger partial charge in [0.25, 0.3) is 5.91 Å². The summed E-state index contributed by atoms with van der Waals surface area (Å²) in [6.07, 6.45) is 6.21. The first kappa shape index (κ1) is 26.6. The second kappa shape index (κ2) is 10.5. The second-order valence-electron chi connectivity index (χ2n) is 10.5. The van der Waals surface area contributed by atoms with E-state index in [0.717, 1.165) is 12.8 Å². The van der Waals surface area contributed by atoms with Gasteiger partial charge >= 0.3 is 0 Å². The third-order valence-corrected chi connectivity index (χ3v) is 7.73. The first-order chi connectivity index (χ1) is 17.0. The molecule has 7 nitrogen and oxygen atoms in total. The van der Waals surface area contributed by atoms with Crippen LogP contribution in [0.2, 0.25) is 0 Å². The lowest BCUT2D eigenvalue weighted by atomic mass is 9.86. The molecule has 36 heavy (non-hydrogen) atoms. The summed E-state index contributed by atoms with van der Waals surface area (Å²) in [7, 11) is 0. The van der Waals surface area contributed by atoms with Crippen LogP contribution in [-0.4, -0.2) is 51.5 Å². The zero-order valence-corrected chi connectivity index (χ0v) is 20.5. The Balaban J connectivity index is 0.000000174. The van der Waals surface area contributed by atoms with E-state index in [2.05, 4.69) is 10.6 Å². The molecule has 198 valence electrons. The fourth-order valence-corrected chi connectivity index (χ4v) is 5.52. The standard InChI is InChI=1S/C14H13FN2O3.C12H21F2NO/c1-7-2-3-8-9(12(7)15)6-17(14(8)20)10-4-5-11(18)16-13(10)19;13-11(14)6-8-12(16,9-7-11)15-10-4-2-1-3-5-10/h2-3,10H,4-6H2,1H3,(H,16,18,19);10,15-16H,1-9H2. The topological polar surface area (TPSA) is 98.7 Å². The minimum absolute atomic E-state index is 0.0773. The molecule has 4 aliphatic rings. The van der Waals surface area contributed by atoms with Gasteiger partial charge in [-0.2, -0.15) is 0 Å². The smallest absolute Gasteiger partial charge is 0.255 e. The number of fused-ring (bicyclic) bond motifs is 1. The molecule has 0 aromatic heterocycles. The highest BCUT2D eigenvalue weighted by Crippen LogP contribution is 2.38. The van der Waals surface area contributed by atoms with E-state index < -0.39 is 29.4 Å². The number of carbonyl (C=O) groups excluding carboxylic acids is 3. The molecule has 3 fully saturated rings. The highest BCUT2D eigenvalue weighted by molar-refractivity contribution is 6.05. The maximum Gasteiger partial charge on any atom is 0.255 e. The molecule has 1 aromatic rings. The van der Waals surface area contributed by atoms with Crippen LogP contribution in [0.4, 0.5) is 13.2 Å². The van der Waals surface area contributed by atoms with Gasteiger partial charge in [0, 0.05) is 36.4 Å². The van der Waals surface area contributed by atoms with Gasteiger partial charge in [-0.3, -0.25) is 25.0 Å². The molecule has 0 radical (unpaired) electrons. The van der Waals surface area contributed by atoms with Gasteiger partial charge < -0.3 is 10.0 Å². The summed E-state index contributed by atoms with van der Waals surface area (Å²) in [6, 6.07) is 2.76. The SMILES string of the molecule is Cc1ccc2c(c1F)CN(C1CCC(=O)NC1=O)C2=O.OC1(NC2CCCCC2)CCC(F)(F)CC1. The number of hydrogen-bond donors (Lipinski definition) is 3. The monoisotopic (exact) mass is 509 g/mol. The number of halogens is 3.